The molecule has 1 fully saturated rings. The SMILES string of the molecule is COc1ccc(S(=O)(=O)C2CN(C(=O)CCS(=O)(=O)c3ccccc3)C2)cc1. The molecule has 2 aromatic carbocycles. The highest BCUT2D eigenvalue weighted by atomic mass is 32.2. The summed E-state index contributed by atoms with van der Waals surface area (Å²) in [6.45, 7) is 0.136. The highest BCUT2D eigenvalue weighted by Gasteiger charge is 2.40. The maximum Gasteiger partial charge on any atom is 0.223 e. The molecule has 0 atom stereocenters. The van der Waals surface area contributed by atoms with Gasteiger partial charge in [-0.3, -0.25) is 4.79 Å². The second kappa shape index (κ2) is 7.92. The summed E-state index contributed by atoms with van der Waals surface area (Å²) in [6.07, 6.45) is -0.174. The van der Waals surface area contributed by atoms with Crippen LogP contribution in [-0.4, -0.2) is 58.8 Å². The van der Waals surface area contributed by atoms with E-state index in [-0.39, 0.29) is 41.0 Å². The number of hydrogen-bond acceptors (Lipinski definition) is 6. The monoisotopic (exact) mass is 423 g/mol. The van der Waals surface area contributed by atoms with Crippen molar-refractivity contribution in [2.75, 3.05) is 26.0 Å². The van der Waals surface area contributed by atoms with Crippen molar-refractivity contribution in [1.29, 1.82) is 0 Å². The lowest BCUT2D eigenvalue weighted by Crippen LogP contribution is -2.57. The molecule has 1 amide bonds. The van der Waals surface area contributed by atoms with Crippen LogP contribution in [0.15, 0.2) is 64.4 Å². The second-order valence-electron chi connectivity index (χ2n) is 6.52. The van der Waals surface area contributed by atoms with Crippen LogP contribution in [0.4, 0.5) is 0 Å². The molecule has 1 heterocycles. The number of rotatable bonds is 7. The molecule has 0 unspecified atom stereocenters. The maximum absolute atomic E-state index is 12.6. The summed E-state index contributed by atoms with van der Waals surface area (Å²) in [5, 5.41) is -0.685. The number of ether oxygens (including phenoxy) is 1. The summed E-state index contributed by atoms with van der Waals surface area (Å²) in [6, 6.07) is 14.0. The maximum atomic E-state index is 12.6. The van der Waals surface area contributed by atoms with Gasteiger partial charge in [0.25, 0.3) is 0 Å². The summed E-state index contributed by atoms with van der Waals surface area (Å²) in [4.78, 5) is 14.0. The van der Waals surface area contributed by atoms with Crippen LogP contribution in [-0.2, 0) is 24.5 Å². The Morgan fingerprint density at radius 1 is 0.964 bits per heavy atom. The lowest BCUT2D eigenvalue weighted by atomic mass is 10.2. The molecule has 9 heteroatoms. The van der Waals surface area contributed by atoms with Crippen molar-refractivity contribution in [3.63, 3.8) is 0 Å². The first kappa shape index (κ1) is 20.3. The molecule has 0 radical (unpaired) electrons. The Balaban J connectivity index is 1.56. The van der Waals surface area contributed by atoms with Crippen LogP contribution in [0.2, 0.25) is 0 Å². The Kier molecular flexibility index (Phi) is 5.76. The first-order valence-corrected chi connectivity index (χ1v) is 11.9. The van der Waals surface area contributed by atoms with E-state index in [9.17, 15) is 21.6 Å². The lowest BCUT2D eigenvalue weighted by Gasteiger charge is -2.38. The molecule has 2 aromatic rings. The van der Waals surface area contributed by atoms with Crippen LogP contribution in [0.3, 0.4) is 0 Å². The fraction of sp³-hybridized carbons (Fsp3) is 0.316. The number of hydrogen-bond donors (Lipinski definition) is 0. The van der Waals surface area contributed by atoms with Gasteiger partial charge in [0.1, 0.15) is 11.0 Å². The molecule has 0 bridgehead atoms. The molecule has 3 rings (SSSR count). The summed E-state index contributed by atoms with van der Waals surface area (Å²) in [5.74, 6) is -0.105. The van der Waals surface area contributed by atoms with Crippen molar-refractivity contribution in [2.45, 2.75) is 21.5 Å². The van der Waals surface area contributed by atoms with E-state index in [0.29, 0.717) is 5.75 Å². The van der Waals surface area contributed by atoms with Gasteiger partial charge in [-0.05, 0) is 36.4 Å². The van der Waals surface area contributed by atoms with Crippen molar-refractivity contribution >= 4 is 25.6 Å². The van der Waals surface area contributed by atoms with Gasteiger partial charge in [-0.1, -0.05) is 18.2 Å². The van der Waals surface area contributed by atoms with E-state index in [4.69, 9.17) is 4.74 Å². The minimum Gasteiger partial charge on any atom is -0.497 e. The average Bonchev–Trinajstić information content (AvgIpc) is 2.66. The van der Waals surface area contributed by atoms with Gasteiger partial charge in [-0.25, -0.2) is 16.8 Å². The number of sulfone groups is 2. The topological polar surface area (TPSA) is 97.8 Å². The lowest BCUT2D eigenvalue weighted by molar-refractivity contribution is -0.133. The van der Waals surface area contributed by atoms with E-state index in [1.54, 1.807) is 30.3 Å². The zero-order valence-corrected chi connectivity index (χ0v) is 16.9. The summed E-state index contributed by atoms with van der Waals surface area (Å²) in [5.41, 5.74) is 0. The first-order chi connectivity index (χ1) is 13.2. The van der Waals surface area contributed by atoms with Crippen LogP contribution in [0.1, 0.15) is 6.42 Å². The molecule has 7 nitrogen and oxygen atoms in total. The van der Waals surface area contributed by atoms with Gasteiger partial charge in [-0.2, -0.15) is 0 Å². The van der Waals surface area contributed by atoms with Gasteiger partial charge in [0.2, 0.25) is 5.91 Å². The van der Waals surface area contributed by atoms with Crippen molar-refractivity contribution in [1.82, 2.24) is 4.90 Å². The van der Waals surface area contributed by atoms with Gasteiger partial charge in [0, 0.05) is 19.5 Å². The molecule has 0 aromatic heterocycles. The van der Waals surface area contributed by atoms with Crippen LogP contribution in [0, 0.1) is 0 Å². The van der Waals surface area contributed by atoms with E-state index < -0.39 is 24.9 Å². The van der Waals surface area contributed by atoms with Crippen LogP contribution >= 0.6 is 0 Å². The fourth-order valence-electron chi connectivity index (χ4n) is 2.92. The number of carbonyl (C=O) groups excluding carboxylic acids is 1. The predicted molar refractivity (Wildman–Crippen MR) is 104 cm³/mol. The van der Waals surface area contributed by atoms with Crippen molar-refractivity contribution in [3.8, 4) is 5.75 Å². The third-order valence-electron chi connectivity index (χ3n) is 4.71. The number of amides is 1. The molecule has 0 saturated carbocycles. The minimum absolute atomic E-state index is 0.0680. The summed E-state index contributed by atoms with van der Waals surface area (Å²) in [7, 11) is -5.59. The predicted octanol–water partition coefficient (Wildman–Crippen LogP) is 1.54. The van der Waals surface area contributed by atoms with Gasteiger partial charge in [0.15, 0.2) is 19.7 Å². The standard InChI is InChI=1S/C19H21NO6S2/c1-26-15-7-9-17(10-8-15)28(24,25)18-13-20(14-18)19(21)11-12-27(22,23)16-5-3-2-4-6-16/h2-10,18H,11-14H2,1H3. The number of benzene rings is 2. The second-order valence-corrected chi connectivity index (χ2v) is 10.9. The molecule has 28 heavy (non-hydrogen) atoms. The molecule has 1 aliphatic rings. The Bertz CT molecular complexity index is 1040. The zero-order valence-electron chi connectivity index (χ0n) is 15.3. The van der Waals surface area contributed by atoms with E-state index in [1.165, 1.54) is 36.3 Å². The minimum atomic E-state index is -3.55. The Labute approximate surface area is 164 Å². The molecular formula is C19H21NO6S2. The molecule has 1 aliphatic heterocycles. The Morgan fingerprint density at radius 2 is 1.57 bits per heavy atom. The number of nitrogens with zero attached hydrogens (tertiary/aromatic N) is 1. The number of carbonyl (C=O) groups is 1. The zero-order chi connectivity index (χ0) is 20.4. The van der Waals surface area contributed by atoms with Gasteiger partial charge in [-0.15, -0.1) is 0 Å². The normalized spacial score (nSPS) is 15.1. The fourth-order valence-corrected chi connectivity index (χ4v) is 5.82. The van der Waals surface area contributed by atoms with E-state index in [1.807, 2.05) is 0 Å². The molecule has 150 valence electrons. The van der Waals surface area contributed by atoms with Crippen molar-refractivity contribution < 1.29 is 26.4 Å². The highest BCUT2D eigenvalue weighted by molar-refractivity contribution is 7.92. The average molecular weight is 424 g/mol. The molecular weight excluding hydrogens is 402 g/mol. The van der Waals surface area contributed by atoms with Gasteiger partial charge < -0.3 is 9.64 Å². The van der Waals surface area contributed by atoms with Gasteiger partial charge in [0.05, 0.1) is 22.7 Å². The van der Waals surface area contributed by atoms with E-state index in [0.717, 1.165) is 0 Å². The van der Waals surface area contributed by atoms with Crippen molar-refractivity contribution in [2.24, 2.45) is 0 Å². The smallest absolute Gasteiger partial charge is 0.223 e. The highest BCUT2D eigenvalue weighted by Crippen LogP contribution is 2.26. The molecule has 0 aliphatic carbocycles. The summed E-state index contributed by atoms with van der Waals surface area (Å²) < 4.78 is 54.7. The molecule has 0 spiro atoms. The quantitative estimate of drug-likeness (QED) is 0.670. The van der Waals surface area contributed by atoms with E-state index in [2.05, 4.69) is 0 Å². The van der Waals surface area contributed by atoms with Crippen molar-refractivity contribution in [3.05, 3.63) is 54.6 Å². The Hall–Kier alpha value is -2.39. The number of likely N-dealkylation sites (tertiary alicyclic amines) is 1. The third-order valence-corrected chi connectivity index (χ3v) is 8.55. The van der Waals surface area contributed by atoms with Gasteiger partial charge >= 0.3 is 0 Å². The Morgan fingerprint density at radius 3 is 2.14 bits per heavy atom. The van der Waals surface area contributed by atoms with E-state index >= 15 is 0 Å². The molecule has 0 N–H and O–H groups in total. The first-order valence-electron chi connectivity index (χ1n) is 8.67. The molecule has 1 saturated heterocycles. The van der Waals surface area contributed by atoms with Crippen LogP contribution in [0.25, 0.3) is 0 Å². The van der Waals surface area contributed by atoms with Crippen LogP contribution in [0.5, 0.6) is 5.75 Å². The summed E-state index contributed by atoms with van der Waals surface area (Å²) >= 11 is 0. The third kappa shape index (κ3) is 4.20. The largest absolute Gasteiger partial charge is 0.497 e. The van der Waals surface area contributed by atoms with Crippen LogP contribution < -0.4 is 4.74 Å². The number of methoxy groups -OCH3 is 1.